The molecule has 0 fully saturated rings. The van der Waals surface area contributed by atoms with Gasteiger partial charge in [-0.3, -0.25) is 4.79 Å². The highest BCUT2D eigenvalue weighted by atomic mass is 16.6. The molecule has 0 amide bonds. The highest BCUT2D eigenvalue weighted by molar-refractivity contribution is 6.11. The van der Waals surface area contributed by atoms with Crippen LogP contribution in [0, 0.1) is 0 Å². The molecule has 0 aromatic heterocycles. The van der Waals surface area contributed by atoms with Crippen LogP contribution in [0.1, 0.15) is 62.5 Å². The molecule has 2 rings (SSSR count). The van der Waals surface area contributed by atoms with Gasteiger partial charge in [-0.1, -0.05) is 64.6 Å². The van der Waals surface area contributed by atoms with Gasteiger partial charge in [-0.25, -0.2) is 4.79 Å². The Bertz CT molecular complexity index is 923. The number of esters is 1. The molecule has 2 aromatic carbocycles. The van der Waals surface area contributed by atoms with Gasteiger partial charge >= 0.3 is 5.97 Å². The van der Waals surface area contributed by atoms with E-state index >= 15 is 0 Å². The molecule has 0 saturated carbocycles. The lowest BCUT2D eigenvalue weighted by Gasteiger charge is -2.26. The molecule has 0 saturated heterocycles. The number of hydrogen-bond donors (Lipinski definition) is 1. The maximum Gasteiger partial charge on any atom is 0.333 e. The van der Waals surface area contributed by atoms with E-state index in [0.717, 1.165) is 0 Å². The summed E-state index contributed by atoms with van der Waals surface area (Å²) in [6.07, 6.45) is 0.121. The summed E-state index contributed by atoms with van der Waals surface area (Å²) in [6.45, 7) is 13.0. The lowest BCUT2D eigenvalue weighted by atomic mass is 9.83. The Balaban J connectivity index is 2.34. The quantitative estimate of drug-likeness (QED) is 0.368. The minimum atomic E-state index is -0.484. The monoisotopic (exact) mass is 410 g/mol. The first-order chi connectivity index (χ1) is 14.1. The number of benzene rings is 2. The lowest BCUT2D eigenvalue weighted by Crippen LogP contribution is -2.25. The third-order valence-corrected chi connectivity index (χ3v) is 4.67. The van der Waals surface area contributed by atoms with E-state index in [1.54, 1.807) is 43.3 Å². The van der Waals surface area contributed by atoms with Crippen molar-refractivity contribution >= 4 is 11.8 Å². The molecule has 0 bridgehead atoms. The largest absolute Gasteiger partial charge is 0.507 e. The van der Waals surface area contributed by atoms with Crippen molar-refractivity contribution in [3.8, 4) is 11.5 Å². The van der Waals surface area contributed by atoms with Gasteiger partial charge in [0.2, 0.25) is 0 Å². The topological polar surface area (TPSA) is 72.8 Å². The van der Waals surface area contributed by atoms with Crippen LogP contribution in [0.4, 0.5) is 0 Å². The maximum atomic E-state index is 12.9. The number of phenolic OH excluding ortho intramolecular Hbond substituents is 1. The fourth-order valence-electron chi connectivity index (χ4n) is 3.02. The van der Waals surface area contributed by atoms with E-state index in [1.165, 1.54) is 0 Å². The van der Waals surface area contributed by atoms with Gasteiger partial charge in [0.15, 0.2) is 5.78 Å². The number of carbonyl (C=O) groups excluding carboxylic acids is 2. The fraction of sp³-hybridized carbons (Fsp3) is 0.360. The Morgan fingerprint density at radius 1 is 1.10 bits per heavy atom. The van der Waals surface area contributed by atoms with Gasteiger partial charge in [0.1, 0.15) is 24.2 Å². The predicted octanol–water partition coefficient (Wildman–Crippen LogP) is 5.20. The number of rotatable bonds is 8. The zero-order valence-corrected chi connectivity index (χ0v) is 18.3. The standard InChI is InChI=1S/C25H30O5/c1-7-18(30-24(28)16(2)3)15-29-20-14-13-19(23(27)21(20)25(4,5)6)22(26)17-11-9-8-10-12-17/h8-14,18,27H,2,7,15H2,1,3-6H3. The van der Waals surface area contributed by atoms with Crippen LogP contribution in [0.5, 0.6) is 11.5 Å². The maximum absolute atomic E-state index is 12.9. The van der Waals surface area contributed by atoms with Crippen molar-refractivity contribution in [2.45, 2.75) is 52.6 Å². The van der Waals surface area contributed by atoms with Crippen LogP contribution in [0.2, 0.25) is 0 Å². The van der Waals surface area contributed by atoms with Crippen LogP contribution >= 0.6 is 0 Å². The van der Waals surface area contributed by atoms with Crippen LogP contribution in [-0.4, -0.2) is 29.6 Å². The number of ether oxygens (including phenoxy) is 2. The van der Waals surface area contributed by atoms with Gasteiger partial charge in [-0.15, -0.1) is 0 Å². The SMILES string of the molecule is C=C(C)C(=O)OC(CC)COc1ccc(C(=O)c2ccccc2)c(O)c1C(C)(C)C. The highest BCUT2D eigenvalue weighted by Crippen LogP contribution is 2.41. The molecule has 0 aliphatic rings. The molecular formula is C25H30O5. The number of phenols is 1. The van der Waals surface area contributed by atoms with Gasteiger partial charge in [-0.05, 0) is 30.9 Å². The molecule has 160 valence electrons. The molecule has 0 radical (unpaired) electrons. The normalized spacial score (nSPS) is 12.2. The van der Waals surface area contributed by atoms with Gasteiger partial charge in [0.25, 0.3) is 0 Å². The van der Waals surface area contributed by atoms with Gasteiger partial charge in [0, 0.05) is 16.7 Å². The van der Waals surface area contributed by atoms with E-state index in [0.29, 0.717) is 28.9 Å². The van der Waals surface area contributed by atoms with E-state index < -0.39 is 17.5 Å². The summed E-state index contributed by atoms with van der Waals surface area (Å²) in [7, 11) is 0. The van der Waals surface area contributed by atoms with Crippen LogP contribution in [-0.2, 0) is 14.9 Å². The predicted molar refractivity (Wildman–Crippen MR) is 117 cm³/mol. The molecule has 2 aromatic rings. The van der Waals surface area contributed by atoms with Crippen molar-refractivity contribution in [2.24, 2.45) is 0 Å². The summed E-state index contributed by atoms with van der Waals surface area (Å²) in [5.41, 5.74) is 1.09. The summed E-state index contributed by atoms with van der Waals surface area (Å²) in [5, 5.41) is 11.0. The first kappa shape index (κ1) is 23.2. The molecular weight excluding hydrogens is 380 g/mol. The molecule has 1 unspecified atom stereocenters. The Labute approximate surface area is 178 Å². The lowest BCUT2D eigenvalue weighted by molar-refractivity contribution is -0.145. The number of carbonyl (C=O) groups is 2. The van der Waals surface area contributed by atoms with E-state index in [4.69, 9.17) is 9.47 Å². The second kappa shape index (κ2) is 9.61. The first-order valence-electron chi connectivity index (χ1n) is 10.0. The van der Waals surface area contributed by atoms with Crippen molar-refractivity contribution in [3.05, 3.63) is 71.3 Å². The highest BCUT2D eigenvalue weighted by Gasteiger charge is 2.28. The Kier molecular flexibility index (Phi) is 7.43. The second-order valence-electron chi connectivity index (χ2n) is 8.31. The van der Waals surface area contributed by atoms with Crippen molar-refractivity contribution in [2.75, 3.05) is 6.61 Å². The third kappa shape index (κ3) is 5.50. The minimum absolute atomic E-state index is 0.0965. The molecule has 0 spiro atoms. The summed E-state index contributed by atoms with van der Waals surface area (Å²) in [5.74, 6) is -0.365. The van der Waals surface area contributed by atoms with E-state index in [2.05, 4.69) is 6.58 Å². The van der Waals surface area contributed by atoms with E-state index in [9.17, 15) is 14.7 Å². The molecule has 5 nitrogen and oxygen atoms in total. The van der Waals surface area contributed by atoms with Crippen LogP contribution in [0.25, 0.3) is 0 Å². The van der Waals surface area contributed by atoms with Crippen LogP contribution in [0.15, 0.2) is 54.6 Å². The smallest absolute Gasteiger partial charge is 0.333 e. The third-order valence-electron chi connectivity index (χ3n) is 4.67. The van der Waals surface area contributed by atoms with E-state index in [1.807, 2.05) is 33.8 Å². The van der Waals surface area contributed by atoms with Crippen molar-refractivity contribution in [1.82, 2.24) is 0 Å². The summed E-state index contributed by atoms with van der Waals surface area (Å²) < 4.78 is 11.3. The van der Waals surface area contributed by atoms with Crippen molar-refractivity contribution in [3.63, 3.8) is 0 Å². The molecule has 5 heteroatoms. The molecule has 0 heterocycles. The number of ketones is 1. The summed E-state index contributed by atoms with van der Waals surface area (Å²) in [4.78, 5) is 24.7. The summed E-state index contributed by atoms with van der Waals surface area (Å²) in [6, 6.07) is 12.1. The average molecular weight is 411 g/mol. The zero-order valence-electron chi connectivity index (χ0n) is 18.3. The van der Waals surface area contributed by atoms with Crippen molar-refractivity contribution < 1.29 is 24.2 Å². The molecule has 0 aliphatic heterocycles. The summed E-state index contributed by atoms with van der Waals surface area (Å²) >= 11 is 0. The number of hydrogen-bond acceptors (Lipinski definition) is 5. The van der Waals surface area contributed by atoms with Gasteiger partial charge in [0.05, 0.1) is 5.56 Å². The first-order valence-corrected chi connectivity index (χ1v) is 10.0. The Morgan fingerprint density at radius 2 is 1.73 bits per heavy atom. The molecule has 1 N–H and O–H groups in total. The Hall–Kier alpha value is -3.08. The van der Waals surface area contributed by atoms with Crippen molar-refractivity contribution in [1.29, 1.82) is 0 Å². The average Bonchev–Trinajstić information content (AvgIpc) is 2.69. The van der Waals surface area contributed by atoms with Gasteiger partial charge in [-0.2, -0.15) is 0 Å². The number of aromatic hydroxyl groups is 1. The molecule has 0 aliphatic carbocycles. The molecule has 30 heavy (non-hydrogen) atoms. The molecule has 1 atom stereocenters. The fourth-order valence-corrected chi connectivity index (χ4v) is 3.02. The zero-order chi connectivity index (χ0) is 22.5. The second-order valence-corrected chi connectivity index (χ2v) is 8.31. The van der Waals surface area contributed by atoms with Crippen LogP contribution in [0.3, 0.4) is 0 Å². The van der Waals surface area contributed by atoms with Crippen LogP contribution < -0.4 is 4.74 Å². The van der Waals surface area contributed by atoms with Gasteiger partial charge < -0.3 is 14.6 Å². The van der Waals surface area contributed by atoms with E-state index in [-0.39, 0.29) is 23.7 Å². The Morgan fingerprint density at radius 3 is 2.27 bits per heavy atom. The minimum Gasteiger partial charge on any atom is -0.507 e.